The molecule has 6 heteroatoms. The van der Waals surface area contributed by atoms with E-state index in [1.54, 1.807) is 36.4 Å². The Morgan fingerprint density at radius 2 is 1.68 bits per heavy atom. The molecule has 0 aliphatic heterocycles. The van der Waals surface area contributed by atoms with Gasteiger partial charge in [-0.2, -0.15) is 0 Å². The van der Waals surface area contributed by atoms with Gasteiger partial charge in [-0.25, -0.2) is 13.1 Å². The summed E-state index contributed by atoms with van der Waals surface area (Å²) < 4.78 is 26.5. The minimum Gasteiger partial charge on any atom is -0.207 e. The molecule has 2 aromatic rings. The van der Waals surface area contributed by atoms with Crippen LogP contribution in [0.3, 0.4) is 0 Å². The Kier molecular flexibility index (Phi) is 4.47. The minimum absolute atomic E-state index is 0.0939. The van der Waals surface area contributed by atoms with Crippen LogP contribution in [0.2, 0.25) is 10.0 Å². The Bertz CT molecular complexity index is 672. The second kappa shape index (κ2) is 5.92. The minimum atomic E-state index is -3.54. The van der Waals surface area contributed by atoms with Gasteiger partial charge < -0.3 is 0 Å². The lowest BCUT2D eigenvalue weighted by Gasteiger charge is -2.08. The predicted octanol–water partition coefficient (Wildman–Crippen LogP) is 3.47. The summed E-state index contributed by atoms with van der Waals surface area (Å²) in [4.78, 5) is 0.216. The molecule has 0 saturated heterocycles. The summed E-state index contributed by atoms with van der Waals surface area (Å²) in [7, 11) is -3.54. The van der Waals surface area contributed by atoms with Crippen molar-refractivity contribution in [3.8, 4) is 0 Å². The van der Waals surface area contributed by atoms with Crippen molar-refractivity contribution < 1.29 is 8.42 Å². The summed E-state index contributed by atoms with van der Waals surface area (Å²) in [5.74, 6) is 0. The summed E-state index contributed by atoms with van der Waals surface area (Å²) in [6, 6.07) is 13.1. The third kappa shape index (κ3) is 3.70. The zero-order chi connectivity index (χ0) is 13.9. The van der Waals surface area contributed by atoms with E-state index in [1.807, 2.05) is 0 Å². The third-order valence-electron chi connectivity index (χ3n) is 2.51. The Morgan fingerprint density at radius 1 is 1.00 bits per heavy atom. The predicted molar refractivity (Wildman–Crippen MR) is 76.9 cm³/mol. The summed E-state index contributed by atoms with van der Waals surface area (Å²) in [5.41, 5.74) is 0.633. The molecule has 0 saturated carbocycles. The molecule has 100 valence electrons. The van der Waals surface area contributed by atoms with Crippen molar-refractivity contribution >= 4 is 33.2 Å². The maximum Gasteiger partial charge on any atom is 0.240 e. The van der Waals surface area contributed by atoms with E-state index in [-0.39, 0.29) is 11.4 Å². The van der Waals surface area contributed by atoms with Crippen LogP contribution < -0.4 is 4.72 Å². The Labute approximate surface area is 122 Å². The highest BCUT2D eigenvalue weighted by atomic mass is 35.5. The standard InChI is InChI=1S/C13H11Cl2NO2S/c14-11-6-7-13(15)10(8-11)9-16-19(17,18)12-4-2-1-3-5-12/h1-8,16H,9H2. The van der Waals surface area contributed by atoms with Crippen LogP contribution >= 0.6 is 23.2 Å². The van der Waals surface area contributed by atoms with Gasteiger partial charge in [0.1, 0.15) is 0 Å². The van der Waals surface area contributed by atoms with E-state index < -0.39 is 10.0 Å². The summed E-state index contributed by atoms with van der Waals surface area (Å²) >= 11 is 11.8. The van der Waals surface area contributed by atoms with Crippen LogP contribution in [-0.2, 0) is 16.6 Å². The Balaban J connectivity index is 2.17. The van der Waals surface area contributed by atoms with Gasteiger partial charge in [-0.1, -0.05) is 41.4 Å². The average molecular weight is 316 g/mol. The van der Waals surface area contributed by atoms with E-state index in [0.29, 0.717) is 15.6 Å². The first-order valence-electron chi connectivity index (χ1n) is 5.48. The van der Waals surface area contributed by atoms with Crippen molar-refractivity contribution in [3.05, 3.63) is 64.1 Å². The molecule has 1 N–H and O–H groups in total. The van der Waals surface area contributed by atoms with E-state index in [4.69, 9.17) is 23.2 Å². The summed E-state index contributed by atoms with van der Waals surface area (Å²) in [5, 5.41) is 0.985. The van der Waals surface area contributed by atoms with Gasteiger partial charge in [0.25, 0.3) is 0 Å². The molecule has 2 rings (SSSR count). The number of sulfonamides is 1. The highest BCUT2D eigenvalue weighted by Crippen LogP contribution is 2.21. The van der Waals surface area contributed by atoms with Gasteiger partial charge in [-0.3, -0.25) is 0 Å². The van der Waals surface area contributed by atoms with Gasteiger partial charge in [-0.05, 0) is 35.9 Å². The average Bonchev–Trinajstić information content (AvgIpc) is 2.41. The molecule has 3 nitrogen and oxygen atoms in total. The van der Waals surface area contributed by atoms with Crippen molar-refractivity contribution in [2.24, 2.45) is 0 Å². The fourth-order valence-corrected chi connectivity index (χ4v) is 2.94. The maximum atomic E-state index is 12.0. The third-order valence-corrected chi connectivity index (χ3v) is 4.53. The van der Waals surface area contributed by atoms with E-state index in [2.05, 4.69) is 4.72 Å². The van der Waals surface area contributed by atoms with Crippen molar-refractivity contribution in [2.75, 3.05) is 0 Å². The maximum absolute atomic E-state index is 12.0. The number of rotatable bonds is 4. The van der Waals surface area contributed by atoms with Crippen LogP contribution in [0.1, 0.15) is 5.56 Å². The van der Waals surface area contributed by atoms with Crippen molar-refractivity contribution in [3.63, 3.8) is 0 Å². The topological polar surface area (TPSA) is 46.2 Å². The first-order valence-corrected chi connectivity index (χ1v) is 7.71. The van der Waals surface area contributed by atoms with E-state index >= 15 is 0 Å². The molecular formula is C13H11Cl2NO2S. The highest BCUT2D eigenvalue weighted by molar-refractivity contribution is 7.89. The fraction of sp³-hybridized carbons (Fsp3) is 0.0769. The van der Waals surface area contributed by atoms with Crippen LogP contribution in [0.5, 0.6) is 0 Å². The summed E-state index contributed by atoms with van der Waals surface area (Å²) in [6.45, 7) is 0.0939. The number of halogens is 2. The van der Waals surface area contributed by atoms with Crippen molar-refractivity contribution in [1.82, 2.24) is 4.72 Å². The molecule has 0 bridgehead atoms. The fourth-order valence-electron chi connectivity index (χ4n) is 1.53. The molecule has 0 amide bonds. The number of hydrogen-bond donors (Lipinski definition) is 1. The van der Waals surface area contributed by atoms with E-state index in [1.165, 1.54) is 12.1 Å². The molecule has 0 atom stereocenters. The molecule has 0 heterocycles. The molecule has 19 heavy (non-hydrogen) atoms. The van der Waals surface area contributed by atoms with Crippen molar-refractivity contribution in [2.45, 2.75) is 11.4 Å². The van der Waals surface area contributed by atoms with E-state index in [0.717, 1.165) is 0 Å². The smallest absolute Gasteiger partial charge is 0.207 e. The molecule has 0 unspecified atom stereocenters. The Hall–Kier alpha value is -1.07. The molecule has 0 fully saturated rings. The van der Waals surface area contributed by atoms with Gasteiger partial charge in [-0.15, -0.1) is 0 Å². The second-order valence-corrected chi connectivity index (χ2v) is 6.48. The van der Waals surface area contributed by atoms with Crippen LogP contribution in [0.4, 0.5) is 0 Å². The monoisotopic (exact) mass is 315 g/mol. The SMILES string of the molecule is O=S(=O)(NCc1cc(Cl)ccc1Cl)c1ccccc1. The second-order valence-electron chi connectivity index (χ2n) is 3.87. The van der Waals surface area contributed by atoms with Gasteiger partial charge in [0.05, 0.1) is 4.90 Å². The number of nitrogens with one attached hydrogen (secondary N) is 1. The van der Waals surface area contributed by atoms with Gasteiger partial charge >= 0.3 is 0 Å². The molecule has 0 spiro atoms. The molecule has 0 aliphatic rings. The normalized spacial score (nSPS) is 11.5. The molecule has 0 aliphatic carbocycles. The lowest BCUT2D eigenvalue weighted by molar-refractivity contribution is 0.581. The van der Waals surface area contributed by atoms with Crippen LogP contribution in [-0.4, -0.2) is 8.42 Å². The highest BCUT2D eigenvalue weighted by Gasteiger charge is 2.13. The van der Waals surface area contributed by atoms with Crippen LogP contribution in [0, 0.1) is 0 Å². The van der Waals surface area contributed by atoms with E-state index in [9.17, 15) is 8.42 Å². The number of benzene rings is 2. The van der Waals surface area contributed by atoms with Gasteiger partial charge in [0.15, 0.2) is 0 Å². The zero-order valence-corrected chi connectivity index (χ0v) is 12.1. The van der Waals surface area contributed by atoms with Gasteiger partial charge in [0, 0.05) is 16.6 Å². The quantitative estimate of drug-likeness (QED) is 0.939. The zero-order valence-electron chi connectivity index (χ0n) is 9.81. The van der Waals surface area contributed by atoms with Crippen molar-refractivity contribution in [1.29, 1.82) is 0 Å². The summed E-state index contributed by atoms with van der Waals surface area (Å²) in [6.07, 6.45) is 0. The largest absolute Gasteiger partial charge is 0.240 e. The van der Waals surface area contributed by atoms with Gasteiger partial charge in [0.2, 0.25) is 10.0 Å². The molecule has 2 aromatic carbocycles. The first-order chi connectivity index (χ1) is 8.99. The molecule has 0 aromatic heterocycles. The number of hydrogen-bond acceptors (Lipinski definition) is 2. The molecular weight excluding hydrogens is 305 g/mol. The van der Waals surface area contributed by atoms with Crippen LogP contribution in [0.15, 0.2) is 53.4 Å². The lowest BCUT2D eigenvalue weighted by atomic mass is 10.2. The lowest BCUT2D eigenvalue weighted by Crippen LogP contribution is -2.23. The first kappa shape index (κ1) is 14.3. The molecule has 0 radical (unpaired) electrons. The van der Waals surface area contributed by atoms with Crippen LogP contribution in [0.25, 0.3) is 0 Å². The Morgan fingerprint density at radius 3 is 2.37 bits per heavy atom.